The zero-order chi connectivity index (χ0) is 12.9. The Kier molecular flexibility index (Phi) is 4.97. The lowest BCUT2D eigenvalue weighted by atomic mass is 9.93. The summed E-state index contributed by atoms with van der Waals surface area (Å²) in [4.78, 5) is 0. The fourth-order valence-electron chi connectivity index (χ4n) is 1.92. The largest absolute Gasteiger partial charge is 0.507 e. The zero-order valence-electron chi connectivity index (χ0n) is 11.0. The van der Waals surface area contributed by atoms with Gasteiger partial charge in [-0.2, -0.15) is 0 Å². The minimum absolute atomic E-state index is 0.118. The third-order valence-electron chi connectivity index (χ3n) is 3.63. The summed E-state index contributed by atoms with van der Waals surface area (Å²) in [6.45, 7) is 6.70. The fourth-order valence-corrected chi connectivity index (χ4v) is 1.92. The van der Waals surface area contributed by atoms with Crippen LogP contribution in [0.1, 0.15) is 37.8 Å². The standard InChI is InChI=1S/C14H23NO2/c1-4-14(5-2,10-16)15-9-12-8-6-7-11(3)13(12)17/h6-8,15-17H,4-5,9-10H2,1-3H3. The molecule has 1 rings (SSSR count). The van der Waals surface area contributed by atoms with Gasteiger partial charge in [-0.3, -0.25) is 0 Å². The highest BCUT2D eigenvalue weighted by Crippen LogP contribution is 2.23. The van der Waals surface area contributed by atoms with Crippen molar-refractivity contribution in [2.24, 2.45) is 0 Å². The van der Waals surface area contributed by atoms with Crippen LogP contribution in [-0.2, 0) is 6.54 Å². The van der Waals surface area contributed by atoms with Gasteiger partial charge in [0.15, 0.2) is 0 Å². The highest BCUT2D eigenvalue weighted by molar-refractivity contribution is 5.39. The molecule has 0 aliphatic carbocycles. The van der Waals surface area contributed by atoms with Crippen LogP contribution in [0.3, 0.4) is 0 Å². The van der Waals surface area contributed by atoms with Gasteiger partial charge in [0.2, 0.25) is 0 Å². The van der Waals surface area contributed by atoms with E-state index in [0.717, 1.165) is 24.0 Å². The molecular weight excluding hydrogens is 214 g/mol. The summed E-state index contributed by atoms with van der Waals surface area (Å²) < 4.78 is 0. The Morgan fingerprint density at radius 1 is 1.24 bits per heavy atom. The molecule has 0 aromatic heterocycles. The van der Waals surface area contributed by atoms with Gasteiger partial charge in [0.25, 0.3) is 0 Å². The Balaban J connectivity index is 2.75. The zero-order valence-corrected chi connectivity index (χ0v) is 11.0. The minimum atomic E-state index is -0.240. The summed E-state index contributed by atoms with van der Waals surface area (Å²) >= 11 is 0. The molecule has 0 radical (unpaired) electrons. The van der Waals surface area contributed by atoms with Gasteiger partial charge in [-0.25, -0.2) is 0 Å². The number of hydrogen-bond acceptors (Lipinski definition) is 3. The van der Waals surface area contributed by atoms with Crippen LogP contribution in [0.4, 0.5) is 0 Å². The summed E-state index contributed by atoms with van der Waals surface area (Å²) in [5.41, 5.74) is 1.52. The Hall–Kier alpha value is -1.06. The number of aliphatic hydroxyl groups is 1. The van der Waals surface area contributed by atoms with E-state index in [4.69, 9.17) is 0 Å². The van der Waals surface area contributed by atoms with Gasteiger partial charge in [-0.15, -0.1) is 0 Å². The van der Waals surface area contributed by atoms with Gasteiger partial charge >= 0.3 is 0 Å². The van der Waals surface area contributed by atoms with E-state index < -0.39 is 0 Å². The molecule has 3 nitrogen and oxygen atoms in total. The second kappa shape index (κ2) is 6.03. The first-order valence-corrected chi connectivity index (χ1v) is 6.22. The first-order chi connectivity index (χ1) is 8.08. The molecule has 0 aliphatic rings. The van der Waals surface area contributed by atoms with Crippen LogP contribution < -0.4 is 5.32 Å². The van der Waals surface area contributed by atoms with Crippen LogP contribution in [0, 0.1) is 6.92 Å². The average Bonchev–Trinajstić information content (AvgIpc) is 2.36. The molecule has 0 amide bonds. The Morgan fingerprint density at radius 2 is 1.88 bits per heavy atom. The molecule has 17 heavy (non-hydrogen) atoms. The maximum Gasteiger partial charge on any atom is 0.122 e. The first kappa shape index (κ1) is 14.0. The molecule has 0 unspecified atom stereocenters. The second-order valence-corrected chi connectivity index (χ2v) is 4.58. The summed E-state index contributed by atoms with van der Waals surface area (Å²) in [5, 5.41) is 22.7. The van der Waals surface area contributed by atoms with E-state index >= 15 is 0 Å². The first-order valence-electron chi connectivity index (χ1n) is 6.22. The molecule has 3 heteroatoms. The quantitative estimate of drug-likeness (QED) is 0.712. The fraction of sp³-hybridized carbons (Fsp3) is 0.571. The molecule has 0 atom stereocenters. The van der Waals surface area contributed by atoms with Crippen LogP contribution >= 0.6 is 0 Å². The third kappa shape index (κ3) is 3.20. The van der Waals surface area contributed by atoms with Crippen molar-refractivity contribution in [2.75, 3.05) is 6.61 Å². The molecule has 96 valence electrons. The number of benzene rings is 1. The number of nitrogens with one attached hydrogen (secondary N) is 1. The number of rotatable bonds is 6. The van der Waals surface area contributed by atoms with Crippen molar-refractivity contribution in [3.8, 4) is 5.75 Å². The van der Waals surface area contributed by atoms with Crippen LogP contribution in [-0.4, -0.2) is 22.4 Å². The van der Waals surface area contributed by atoms with Gasteiger partial charge in [-0.05, 0) is 25.3 Å². The summed E-state index contributed by atoms with van der Waals surface area (Å²) in [6, 6.07) is 5.73. The monoisotopic (exact) mass is 237 g/mol. The topological polar surface area (TPSA) is 52.5 Å². The van der Waals surface area contributed by atoms with Crippen molar-refractivity contribution >= 4 is 0 Å². The third-order valence-corrected chi connectivity index (χ3v) is 3.63. The molecule has 0 bridgehead atoms. The molecule has 0 heterocycles. The predicted molar refractivity (Wildman–Crippen MR) is 70.1 cm³/mol. The average molecular weight is 237 g/mol. The molecule has 0 saturated heterocycles. The normalized spacial score (nSPS) is 11.8. The molecule has 3 N–H and O–H groups in total. The van der Waals surface area contributed by atoms with E-state index in [1.54, 1.807) is 0 Å². The molecule has 0 aliphatic heterocycles. The number of aliphatic hydroxyl groups excluding tert-OH is 1. The van der Waals surface area contributed by atoms with Crippen molar-refractivity contribution in [2.45, 2.75) is 45.7 Å². The van der Waals surface area contributed by atoms with Crippen LogP contribution in [0.5, 0.6) is 5.75 Å². The molecule has 0 fully saturated rings. The number of phenols is 1. The lowest BCUT2D eigenvalue weighted by Crippen LogP contribution is -2.47. The van der Waals surface area contributed by atoms with Crippen LogP contribution in [0.15, 0.2) is 18.2 Å². The number of hydrogen-bond donors (Lipinski definition) is 3. The van der Waals surface area contributed by atoms with E-state index in [9.17, 15) is 10.2 Å². The molecular formula is C14H23NO2. The summed E-state index contributed by atoms with van der Waals surface area (Å²) in [6.07, 6.45) is 1.74. The summed E-state index contributed by atoms with van der Waals surface area (Å²) in [7, 11) is 0. The van der Waals surface area contributed by atoms with E-state index in [2.05, 4.69) is 19.2 Å². The minimum Gasteiger partial charge on any atom is -0.507 e. The second-order valence-electron chi connectivity index (χ2n) is 4.58. The SMILES string of the molecule is CCC(CC)(CO)NCc1cccc(C)c1O. The van der Waals surface area contributed by atoms with Crippen LogP contribution in [0.2, 0.25) is 0 Å². The van der Waals surface area contributed by atoms with Crippen molar-refractivity contribution < 1.29 is 10.2 Å². The lowest BCUT2D eigenvalue weighted by Gasteiger charge is -2.31. The van der Waals surface area contributed by atoms with Crippen molar-refractivity contribution in [3.05, 3.63) is 29.3 Å². The lowest BCUT2D eigenvalue weighted by molar-refractivity contribution is 0.149. The van der Waals surface area contributed by atoms with Gasteiger partial charge in [0, 0.05) is 17.6 Å². The Morgan fingerprint density at radius 3 is 2.41 bits per heavy atom. The van der Waals surface area contributed by atoms with E-state index in [1.165, 1.54) is 0 Å². The Bertz CT molecular complexity index is 351. The van der Waals surface area contributed by atoms with Gasteiger partial charge in [0.1, 0.15) is 5.75 Å². The van der Waals surface area contributed by atoms with Crippen molar-refractivity contribution in [3.63, 3.8) is 0 Å². The number of aryl methyl sites for hydroxylation is 1. The van der Waals surface area contributed by atoms with E-state index in [-0.39, 0.29) is 12.1 Å². The molecule has 0 spiro atoms. The predicted octanol–water partition coefficient (Wildman–Crippen LogP) is 2.34. The van der Waals surface area contributed by atoms with Crippen molar-refractivity contribution in [1.29, 1.82) is 0 Å². The van der Waals surface area contributed by atoms with E-state index in [0.29, 0.717) is 12.3 Å². The maximum absolute atomic E-state index is 9.91. The van der Waals surface area contributed by atoms with Gasteiger partial charge < -0.3 is 15.5 Å². The molecule has 0 saturated carbocycles. The maximum atomic E-state index is 9.91. The molecule has 1 aromatic rings. The number of aromatic hydroxyl groups is 1. The highest BCUT2D eigenvalue weighted by atomic mass is 16.3. The number of para-hydroxylation sites is 1. The van der Waals surface area contributed by atoms with Gasteiger partial charge in [0.05, 0.1) is 6.61 Å². The smallest absolute Gasteiger partial charge is 0.122 e. The van der Waals surface area contributed by atoms with Crippen molar-refractivity contribution in [1.82, 2.24) is 5.32 Å². The molecule has 1 aromatic carbocycles. The highest BCUT2D eigenvalue weighted by Gasteiger charge is 2.24. The van der Waals surface area contributed by atoms with Gasteiger partial charge in [-0.1, -0.05) is 32.0 Å². The van der Waals surface area contributed by atoms with E-state index in [1.807, 2.05) is 25.1 Å². The van der Waals surface area contributed by atoms with Crippen LogP contribution in [0.25, 0.3) is 0 Å². The Labute approximate surface area is 103 Å². The number of phenolic OH excluding ortho intramolecular Hbond substituents is 1. The summed E-state index contributed by atoms with van der Waals surface area (Å²) in [5.74, 6) is 0.346.